The predicted octanol–water partition coefficient (Wildman–Crippen LogP) is 5.49. The Morgan fingerprint density at radius 3 is 2.62 bits per heavy atom. The average Bonchev–Trinajstić information content (AvgIpc) is 2.86. The minimum Gasteiger partial charge on any atom is -0.324 e. The molecule has 3 rings (SSSR count). The number of thioether (sulfide) groups is 1. The van der Waals surface area contributed by atoms with Gasteiger partial charge in [0.05, 0.1) is 16.4 Å². The van der Waals surface area contributed by atoms with Crippen molar-refractivity contribution in [1.82, 2.24) is 9.55 Å². The quantitative estimate of drug-likeness (QED) is 0.695. The highest BCUT2D eigenvalue weighted by Crippen LogP contribution is 2.38. The number of imidazole rings is 1. The van der Waals surface area contributed by atoms with Crippen molar-refractivity contribution in [2.24, 2.45) is 0 Å². The molecule has 1 aromatic heterocycles. The SMILES string of the molecule is CSC1CCC(n2c(C(C)Cl)nc3cc(C)ccc32)CC1. The first kappa shape index (κ1) is 15.2. The summed E-state index contributed by atoms with van der Waals surface area (Å²) in [6.07, 6.45) is 7.30. The maximum Gasteiger partial charge on any atom is 0.127 e. The van der Waals surface area contributed by atoms with Gasteiger partial charge in [0.25, 0.3) is 0 Å². The van der Waals surface area contributed by atoms with Gasteiger partial charge in [0, 0.05) is 11.3 Å². The number of fused-ring (bicyclic) bond motifs is 1. The van der Waals surface area contributed by atoms with Crippen LogP contribution in [-0.4, -0.2) is 21.1 Å². The Bertz CT molecular complexity index is 627. The summed E-state index contributed by atoms with van der Waals surface area (Å²) in [5, 5.41) is 0.783. The van der Waals surface area contributed by atoms with Crippen LogP contribution in [-0.2, 0) is 0 Å². The van der Waals surface area contributed by atoms with Gasteiger partial charge in [0.15, 0.2) is 0 Å². The van der Waals surface area contributed by atoms with E-state index in [1.807, 2.05) is 18.7 Å². The number of alkyl halides is 1. The molecule has 0 saturated heterocycles. The van der Waals surface area contributed by atoms with Gasteiger partial charge in [-0.15, -0.1) is 11.6 Å². The van der Waals surface area contributed by atoms with E-state index in [9.17, 15) is 0 Å². The number of hydrogen-bond acceptors (Lipinski definition) is 2. The molecule has 2 aromatic rings. The third-order valence-corrected chi connectivity index (χ3v) is 5.90. The van der Waals surface area contributed by atoms with Gasteiger partial charge in [-0.05, 0) is 63.5 Å². The highest BCUT2D eigenvalue weighted by atomic mass is 35.5. The summed E-state index contributed by atoms with van der Waals surface area (Å²) in [7, 11) is 0. The molecule has 0 radical (unpaired) electrons. The summed E-state index contributed by atoms with van der Waals surface area (Å²) >= 11 is 8.42. The van der Waals surface area contributed by atoms with Crippen molar-refractivity contribution >= 4 is 34.4 Å². The van der Waals surface area contributed by atoms with Crippen LogP contribution in [0, 0.1) is 6.92 Å². The maximum atomic E-state index is 6.41. The number of rotatable bonds is 3. The lowest BCUT2D eigenvalue weighted by molar-refractivity contribution is 0.359. The summed E-state index contributed by atoms with van der Waals surface area (Å²) in [5.41, 5.74) is 3.59. The monoisotopic (exact) mass is 322 g/mol. The van der Waals surface area contributed by atoms with Crippen molar-refractivity contribution in [3.05, 3.63) is 29.6 Å². The van der Waals surface area contributed by atoms with E-state index in [4.69, 9.17) is 16.6 Å². The molecule has 21 heavy (non-hydrogen) atoms. The Balaban J connectivity index is 2.02. The Kier molecular flexibility index (Phi) is 4.51. The minimum atomic E-state index is -0.0454. The lowest BCUT2D eigenvalue weighted by atomic mass is 9.94. The topological polar surface area (TPSA) is 17.8 Å². The molecule has 0 N–H and O–H groups in total. The van der Waals surface area contributed by atoms with Crippen molar-refractivity contribution in [1.29, 1.82) is 0 Å². The number of benzene rings is 1. The summed E-state index contributed by atoms with van der Waals surface area (Å²) in [4.78, 5) is 4.81. The summed E-state index contributed by atoms with van der Waals surface area (Å²) < 4.78 is 2.42. The molecule has 1 unspecified atom stereocenters. The largest absolute Gasteiger partial charge is 0.324 e. The van der Waals surface area contributed by atoms with Gasteiger partial charge in [0.1, 0.15) is 5.82 Å². The van der Waals surface area contributed by atoms with E-state index in [1.165, 1.54) is 36.8 Å². The molecule has 1 aliphatic carbocycles. The molecule has 1 atom stereocenters. The van der Waals surface area contributed by atoms with Crippen LogP contribution in [0.5, 0.6) is 0 Å². The molecule has 1 fully saturated rings. The third-order valence-electron chi connectivity index (χ3n) is 4.57. The first-order valence-electron chi connectivity index (χ1n) is 7.75. The van der Waals surface area contributed by atoms with Crippen molar-refractivity contribution in [2.75, 3.05) is 6.26 Å². The van der Waals surface area contributed by atoms with Crippen LogP contribution in [0.15, 0.2) is 18.2 Å². The fourth-order valence-electron chi connectivity index (χ4n) is 3.43. The number of aromatic nitrogens is 2. The lowest BCUT2D eigenvalue weighted by Gasteiger charge is -2.30. The Morgan fingerprint density at radius 2 is 2.00 bits per heavy atom. The van der Waals surface area contributed by atoms with Crippen LogP contribution in [0.4, 0.5) is 0 Å². The molecule has 0 spiro atoms. The zero-order valence-electron chi connectivity index (χ0n) is 13.0. The molecule has 1 aliphatic rings. The van der Waals surface area contributed by atoms with E-state index in [0.29, 0.717) is 6.04 Å². The second-order valence-electron chi connectivity index (χ2n) is 6.11. The Morgan fingerprint density at radius 1 is 1.29 bits per heavy atom. The first-order valence-corrected chi connectivity index (χ1v) is 9.48. The lowest BCUT2D eigenvalue weighted by Crippen LogP contribution is -2.21. The molecular weight excluding hydrogens is 300 g/mol. The van der Waals surface area contributed by atoms with E-state index in [1.54, 1.807) is 0 Å². The molecule has 0 aliphatic heterocycles. The van der Waals surface area contributed by atoms with Gasteiger partial charge in [-0.2, -0.15) is 11.8 Å². The Hall–Kier alpha value is -0.670. The van der Waals surface area contributed by atoms with Crippen LogP contribution in [0.25, 0.3) is 11.0 Å². The third kappa shape index (κ3) is 2.95. The minimum absolute atomic E-state index is 0.0454. The van der Waals surface area contributed by atoms with E-state index >= 15 is 0 Å². The van der Waals surface area contributed by atoms with Crippen molar-refractivity contribution < 1.29 is 0 Å². The molecule has 4 heteroatoms. The predicted molar refractivity (Wildman–Crippen MR) is 93.5 cm³/mol. The first-order chi connectivity index (χ1) is 10.1. The van der Waals surface area contributed by atoms with Crippen molar-refractivity contribution in [3.8, 4) is 0 Å². The van der Waals surface area contributed by atoms with E-state index in [-0.39, 0.29) is 5.38 Å². The fourth-order valence-corrected chi connectivity index (χ4v) is 4.33. The summed E-state index contributed by atoms with van der Waals surface area (Å²) in [6, 6.07) is 7.11. The van der Waals surface area contributed by atoms with Crippen molar-refractivity contribution in [2.45, 2.75) is 56.2 Å². The van der Waals surface area contributed by atoms with Crippen LogP contribution < -0.4 is 0 Å². The molecule has 1 saturated carbocycles. The summed E-state index contributed by atoms with van der Waals surface area (Å²) in [6.45, 7) is 4.14. The molecule has 114 valence electrons. The van der Waals surface area contributed by atoms with Crippen LogP contribution >= 0.6 is 23.4 Å². The zero-order chi connectivity index (χ0) is 15.0. The molecule has 1 aromatic carbocycles. The number of nitrogens with zero attached hydrogens (tertiary/aromatic N) is 2. The fraction of sp³-hybridized carbons (Fsp3) is 0.588. The molecular formula is C17H23ClN2S. The number of halogens is 1. The average molecular weight is 323 g/mol. The molecule has 1 heterocycles. The van der Waals surface area contributed by atoms with Gasteiger partial charge in [0.2, 0.25) is 0 Å². The Labute approximate surface area is 136 Å². The normalized spacial score (nSPS) is 24.4. The second-order valence-corrected chi connectivity index (χ2v) is 7.91. The summed E-state index contributed by atoms with van der Waals surface area (Å²) in [5.74, 6) is 1.03. The van der Waals surface area contributed by atoms with Gasteiger partial charge >= 0.3 is 0 Å². The van der Waals surface area contributed by atoms with Gasteiger partial charge in [-0.25, -0.2) is 4.98 Å². The van der Waals surface area contributed by atoms with Crippen LogP contribution in [0.1, 0.15) is 55.4 Å². The maximum absolute atomic E-state index is 6.41. The van der Waals surface area contributed by atoms with E-state index in [2.05, 4.69) is 35.9 Å². The van der Waals surface area contributed by atoms with Crippen molar-refractivity contribution in [3.63, 3.8) is 0 Å². The second kappa shape index (κ2) is 6.21. The highest BCUT2D eigenvalue weighted by Gasteiger charge is 2.26. The smallest absolute Gasteiger partial charge is 0.127 e. The van der Waals surface area contributed by atoms with E-state index in [0.717, 1.165) is 16.6 Å². The van der Waals surface area contributed by atoms with E-state index < -0.39 is 0 Å². The van der Waals surface area contributed by atoms with Gasteiger partial charge in [-0.3, -0.25) is 0 Å². The molecule has 2 nitrogen and oxygen atoms in total. The van der Waals surface area contributed by atoms with Crippen LogP contribution in [0.2, 0.25) is 0 Å². The zero-order valence-corrected chi connectivity index (χ0v) is 14.5. The molecule has 0 amide bonds. The standard InChI is InChI=1S/C17H23ClN2S/c1-11-4-9-16-15(10-11)19-17(12(2)18)20(16)13-5-7-14(21-3)8-6-13/h4,9-10,12-14H,5-8H2,1-3H3. The number of aryl methyl sites for hydroxylation is 1. The highest BCUT2D eigenvalue weighted by molar-refractivity contribution is 7.99. The van der Waals surface area contributed by atoms with Gasteiger partial charge < -0.3 is 4.57 Å². The molecule has 0 bridgehead atoms. The van der Waals surface area contributed by atoms with Crippen LogP contribution in [0.3, 0.4) is 0 Å². The van der Waals surface area contributed by atoms with Gasteiger partial charge in [-0.1, -0.05) is 6.07 Å². The number of hydrogen-bond donors (Lipinski definition) is 0.